The van der Waals surface area contributed by atoms with Crippen molar-refractivity contribution in [3.05, 3.63) is 54.1 Å². The van der Waals surface area contributed by atoms with E-state index in [0.29, 0.717) is 13.0 Å². The number of carbonyl (C=O) groups excluding carboxylic acids is 1. The summed E-state index contributed by atoms with van der Waals surface area (Å²) in [6.07, 6.45) is -3.22. The molecule has 1 amide bonds. The Morgan fingerprint density at radius 1 is 1.08 bits per heavy atom. The zero-order valence-electron chi connectivity index (χ0n) is 14.3. The molecule has 0 aliphatic rings. The topological polar surface area (TPSA) is 64.4 Å². The molecule has 0 aromatic heterocycles. The molecule has 0 radical (unpaired) electrons. The molecule has 0 aliphatic carbocycles. The van der Waals surface area contributed by atoms with Crippen LogP contribution in [0.15, 0.2) is 48.5 Å². The van der Waals surface area contributed by atoms with Gasteiger partial charge in [0, 0.05) is 6.54 Å². The van der Waals surface area contributed by atoms with Crippen molar-refractivity contribution in [2.75, 3.05) is 0 Å². The first-order valence-corrected chi connectivity index (χ1v) is 8.27. The average molecular weight is 366 g/mol. The monoisotopic (exact) mass is 366 g/mol. The van der Waals surface area contributed by atoms with Gasteiger partial charge in [-0.2, -0.15) is 0 Å². The largest absolute Gasteiger partial charge is 0.573 e. The van der Waals surface area contributed by atoms with Crippen molar-refractivity contribution < 1.29 is 22.7 Å². The van der Waals surface area contributed by atoms with Crippen molar-refractivity contribution >= 4 is 5.91 Å². The summed E-state index contributed by atoms with van der Waals surface area (Å²) in [5.41, 5.74) is 8.27. The Hall–Kier alpha value is -2.54. The standard InChI is InChI=1S/C19H21F3N2O2/c1-2-3-17(23)18(25)24-12-13-4-6-14(7-5-13)15-8-10-16(11-9-15)26-19(20,21)22/h4-11,17H,2-3,12,23H2,1H3,(H,24,25). The molecule has 2 rings (SSSR count). The van der Waals surface area contributed by atoms with Gasteiger partial charge in [0.2, 0.25) is 5.91 Å². The first-order chi connectivity index (χ1) is 12.3. The second-order valence-electron chi connectivity index (χ2n) is 5.88. The minimum Gasteiger partial charge on any atom is -0.406 e. The molecule has 140 valence electrons. The summed E-state index contributed by atoms with van der Waals surface area (Å²) in [6, 6.07) is 12.5. The maximum atomic E-state index is 12.2. The summed E-state index contributed by atoms with van der Waals surface area (Å²) in [7, 11) is 0. The number of nitrogens with one attached hydrogen (secondary N) is 1. The van der Waals surface area contributed by atoms with Crippen LogP contribution in [0.3, 0.4) is 0 Å². The Bertz CT molecular complexity index is 713. The van der Waals surface area contributed by atoms with E-state index in [4.69, 9.17) is 5.73 Å². The normalized spacial score (nSPS) is 12.5. The van der Waals surface area contributed by atoms with E-state index < -0.39 is 12.4 Å². The Labute approximate surface area is 150 Å². The molecule has 0 fully saturated rings. The van der Waals surface area contributed by atoms with Crippen LogP contribution in [-0.2, 0) is 11.3 Å². The summed E-state index contributed by atoms with van der Waals surface area (Å²) >= 11 is 0. The summed E-state index contributed by atoms with van der Waals surface area (Å²) in [5, 5.41) is 2.78. The molecule has 0 spiro atoms. The Morgan fingerprint density at radius 3 is 2.12 bits per heavy atom. The third-order valence-electron chi connectivity index (χ3n) is 3.78. The van der Waals surface area contributed by atoms with Crippen LogP contribution in [0, 0.1) is 0 Å². The minimum atomic E-state index is -4.70. The van der Waals surface area contributed by atoms with Gasteiger partial charge in [-0.25, -0.2) is 0 Å². The number of hydrogen-bond donors (Lipinski definition) is 2. The van der Waals surface area contributed by atoms with Gasteiger partial charge < -0.3 is 15.8 Å². The fourth-order valence-corrected chi connectivity index (χ4v) is 2.43. The lowest BCUT2D eigenvalue weighted by molar-refractivity contribution is -0.274. The van der Waals surface area contributed by atoms with Crippen LogP contribution in [0.2, 0.25) is 0 Å². The van der Waals surface area contributed by atoms with Crippen molar-refractivity contribution in [2.45, 2.75) is 38.7 Å². The molecule has 26 heavy (non-hydrogen) atoms. The van der Waals surface area contributed by atoms with Crippen molar-refractivity contribution in [2.24, 2.45) is 5.73 Å². The fraction of sp³-hybridized carbons (Fsp3) is 0.316. The van der Waals surface area contributed by atoms with Crippen molar-refractivity contribution in [3.8, 4) is 16.9 Å². The predicted octanol–water partition coefficient (Wildman–Crippen LogP) is 4.00. The fourth-order valence-electron chi connectivity index (χ4n) is 2.43. The smallest absolute Gasteiger partial charge is 0.406 e. The van der Waals surface area contributed by atoms with Crippen LogP contribution in [0.25, 0.3) is 11.1 Å². The lowest BCUT2D eigenvalue weighted by atomic mass is 10.0. The number of alkyl halides is 3. The molecule has 3 N–H and O–H groups in total. The van der Waals surface area contributed by atoms with Gasteiger partial charge in [-0.15, -0.1) is 13.2 Å². The Morgan fingerprint density at radius 2 is 1.62 bits per heavy atom. The van der Waals surface area contributed by atoms with Crippen LogP contribution in [0.4, 0.5) is 13.2 Å². The first-order valence-electron chi connectivity index (χ1n) is 8.27. The lowest BCUT2D eigenvalue weighted by Gasteiger charge is -2.12. The van der Waals surface area contributed by atoms with Gasteiger partial charge in [-0.05, 0) is 35.2 Å². The summed E-state index contributed by atoms with van der Waals surface area (Å²) in [5.74, 6) is -0.444. The number of hydrogen-bond acceptors (Lipinski definition) is 3. The highest BCUT2D eigenvalue weighted by molar-refractivity contribution is 5.81. The van der Waals surface area contributed by atoms with Crippen molar-refractivity contribution in [1.29, 1.82) is 0 Å². The molecule has 1 unspecified atom stereocenters. The Balaban J connectivity index is 1.95. The van der Waals surface area contributed by atoms with Crippen molar-refractivity contribution in [1.82, 2.24) is 5.32 Å². The molecule has 4 nitrogen and oxygen atoms in total. The van der Waals surface area contributed by atoms with Gasteiger partial charge in [0.1, 0.15) is 5.75 Å². The number of carbonyl (C=O) groups is 1. The van der Waals surface area contributed by atoms with Gasteiger partial charge in [-0.3, -0.25) is 4.79 Å². The molecule has 1 atom stereocenters. The molecule has 0 saturated heterocycles. The molecule has 2 aromatic carbocycles. The predicted molar refractivity (Wildman–Crippen MR) is 93.3 cm³/mol. The average Bonchev–Trinajstić information content (AvgIpc) is 2.59. The lowest BCUT2D eigenvalue weighted by Crippen LogP contribution is -2.40. The quantitative estimate of drug-likeness (QED) is 0.779. The third kappa shape index (κ3) is 6.07. The van der Waals surface area contributed by atoms with E-state index in [9.17, 15) is 18.0 Å². The van der Waals surface area contributed by atoms with E-state index in [1.54, 1.807) is 12.1 Å². The van der Waals surface area contributed by atoms with E-state index in [-0.39, 0.29) is 11.7 Å². The van der Waals surface area contributed by atoms with Gasteiger partial charge in [0.25, 0.3) is 0 Å². The highest BCUT2D eigenvalue weighted by atomic mass is 19.4. The highest BCUT2D eigenvalue weighted by Crippen LogP contribution is 2.26. The maximum Gasteiger partial charge on any atom is 0.573 e. The minimum absolute atomic E-state index is 0.184. The second kappa shape index (κ2) is 8.71. The molecular weight excluding hydrogens is 345 g/mol. The number of rotatable bonds is 7. The van der Waals surface area contributed by atoms with Crippen LogP contribution in [0.5, 0.6) is 5.75 Å². The highest BCUT2D eigenvalue weighted by Gasteiger charge is 2.30. The van der Waals surface area contributed by atoms with Gasteiger partial charge in [0.05, 0.1) is 6.04 Å². The molecule has 7 heteroatoms. The summed E-state index contributed by atoms with van der Waals surface area (Å²) in [4.78, 5) is 11.8. The number of benzene rings is 2. The Kier molecular flexibility index (Phi) is 6.63. The number of halogens is 3. The van der Waals surface area contributed by atoms with E-state index in [0.717, 1.165) is 23.1 Å². The zero-order chi connectivity index (χ0) is 19.2. The van der Waals surface area contributed by atoms with E-state index >= 15 is 0 Å². The molecule has 0 bridgehead atoms. The van der Waals surface area contributed by atoms with E-state index in [2.05, 4.69) is 10.1 Å². The molecule has 0 aliphatic heterocycles. The maximum absolute atomic E-state index is 12.2. The van der Waals surface area contributed by atoms with Gasteiger partial charge in [0.15, 0.2) is 0 Å². The zero-order valence-corrected chi connectivity index (χ0v) is 14.3. The molecule has 0 saturated carbocycles. The first kappa shape index (κ1) is 19.8. The number of ether oxygens (including phenoxy) is 1. The van der Waals surface area contributed by atoms with Crippen LogP contribution in [-0.4, -0.2) is 18.3 Å². The van der Waals surface area contributed by atoms with Crippen molar-refractivity contribution in [3.63, 3.8) is 0 Å². The molecule has 2 aromatic rings. The number of amides is 1. The van der Waals surface area contributed by atoms with Crippen LogP contribution >= 0.6 is 0 Å². The van der Waals surface area contributed by atoms with Crippen LogP contribution < -0.4 is 15.8 Å². The third-order valence-corrected chi connectivity index (χ3v) is 3.78. The van der Waals surface area contributed by atoms with Crippen LogP contribution in [0.1, 0.15) is 25.3 Å². The SMILES string of the molecule is CCCC(N)C(=O)NCc1ccc(-c2ccc(OC(F)(F)F)cc2)cc1. The van der Waals surface area contributed by atoms with E-state index in [1.807, 2.05) is 31.2 Å². The molecular formula is C19H21F3N2O2. The van der Waals surface area contributed by atoms with E-state index in [1.165, 1.54) is 12.1 Å². The number of nitrogens with two attached hydrogens (primary N) is 1. The molecule has 0 heterocycles. The summed E-state index contributed by atoms with van der Waals surface area (Å²) in [6.45, 7) is 2.34. The van der Waals surface area contributed by atoms with Gasteiger partial charge >= 0.3 is 6.36 Å². The second-order valence-corrected chi connectivity index (χ2v) is 5.88. The summed E-state index contributed by atoms with van der Waals surface area (Å²) < 4.78 is 40.4. The van der Waals surface area contributed by atoms with Gasteiger partial charge in [-0.1, -0.05) is 49.7 Å².